The van der Waals surface area contributed by atoms with Gasteiger partial charge in [-0.25, -0.2) is 4.99 Å². The van der Waals surface area contributed by atoms with Crippen LogP contribution in [0.4, 0.5) is 0 Å². The molecule has 0 spiro atoms. The van der Waals surface area contributed by atoms with Crippen molar-refractivity contribution in [3.63, 3.8) is 0 Å². The van der Waals surface area contributed by atoms with Gasteiger partial charge in [0.2, 0.25) is 5.91 Å². The van der Waals surface area contributed by atoms with E-state index in [1.807, 2.05) is 18.7 Å². The molecular weight excluding hydrogens is 228 g/mol. The highest BCUT2D eigenvalue weighted by atomic mass is 16.2. The van der Waals surface area contributed by atoms with Crippen LogP contribution in [0.5, 0.6) is 0 Å². The van der Waals surface area contributed by atoms with Crippen LogP contribution in [0.15, 0.2) is 4.99 Å². The number of rotatable bonds is 1. The van der Waals surface area contributed by atoms with E-state index in [4.69, 9.17) is 5.73 Å². The Morgan fingerprint density at radius 3 is 2.72 bits per heavy atom. The van der Waals surface area contributed by atoms with Gasteiger partial charge in [0.25, 0.3) is 0 Å². The third-order valence-electron chi connectivity index (χ3n) is 4.02. The Balaban J connectivity index is 2.08. The zero-order valence-corrected chi connectivity index (χ0v) is 11.4. The first-order chi connectivity index (χ1) is 8.51. The third-order valence-corrected chi connectivity index (χ3v) is 4.02. The Bertz CT molecular complexity index is 345. The van der Waals surface area contributed by atoms with Gasteiger partial charge in [-0.05, 0) is 26.7 Å². The van der Waals surface area contributed by atoms with Gasteiger partial charge in [-0.3, -0.25) is 4.79 Å². The SMILES string of the molecule is CC1(C)C(=O)NCCN1C(N)=NC1CCCCC1. The maximum absolute atomic E-state index is 11.9. The number of carbonyl (C=O) groups is 1. The molecule has 1 heterocycles. The monoisotopic (exact) mass is 252 g/mol. The fraction of sp³-hybridized carbons (Fsp3) is 0.846. The predicted molar refractivity (Wildman–Crippen MR) is 72.3 cm³/mol. The number of hydrogen-bond acceptors (Lipinski definition) is 2. The van der Waals surface area contributed by atoms with Crippen molar-refractivity contribution in [2.24, 2.45) is 10.7 Å². The van der Waals surface area contributed by atoms with Crippen LogP contribution in [-0.4, -0.2) is 41.4 Å². The van der Waals surface area contributed by atoms with Gasteiger partial charge in [0.15, 0.2) is 5.96 Å². The Morgan fingerprint density at radius 2 is 2.06 bits per heavy atom. The zero-order valence-electron chi connectivity index (χ0n) is 11.4. The van der Waals surface area contributed by atoms with Gasteiger partial charge in [-0.2, -0.15) is 0 Å². The molecule has 0 aromatic rings. The Kier molecular flexibility index (Phi) is 3.78. The lowest BCUT2D eigenvalue weighted by molar-refractivity contribution is -0.132. The number of amides is 1. The minimum atomic E-state index is -0.597. The van der Waals surface area contributed by atoms with E-state index in [0.29, 0.717) is 18.5 Å². The molecule has 0 aromatic carbocycles. The molecule has 5 nitrogen and oxygen atoms in total. The molecule has 3 N–H and O–H groups in total. The van der Waals surface area contributed by atoms with Gasteiger partial charge in [0.1, 0.15) is 5.54 Å². The Labute approximate surface area is 109 Å². The Morgan fingerprint density at radius 1 is 1.39 bits per heavy atom. The summed E-state index contributed by atoms with van der Waals surface area (Å²) in [5.74, 6) is 0.553. The van der Waals surface area contributed by atoms with E-state index in [2.05, 4.69) is 10.3 Å². The van der Waals surface area contributed by atoms with Crippen molar-refractivity contribution in [2.75, 3.05) is 13.1 Å². The summed E-state index contributed by atoms with van der Waals surface area (Å²) in [5.41, 5.74) is 5.52. The van der Waals surface area contributed by atoms with Crippen LogP contribution in [-0.2, 0) is 4.79 Å². The van der Waals surface area contributed by atoms with Crippen molar-refractivity contribution in [3.05, 3.63) is 0 Å². The third kappa shape index (κ3) is 2.60. The molecule has 1 saturated heterocycles. The van der Waals surface area contributed by atoms with Crippen LogP contribution in [0.2, 0.25) is 0 Å². The molecule has 0 bridgehead atoms. The number of guanidine groups is 1. The summed E-state index contributed by atoms with van der Waals surface area (Å²) in [4.78, 5) is 18.4. The lowest BCUT2D eigenvalue weighted by Gasteiger charge is -2.42. The molecule has 5 heteroatoms. The van der Waals surface area contributed by atoms with E-state index < -0.39 is 5.54 Å². The second-order valence-corrected chi connectivity index (χ2v) is 5.75. The van der Waals surface area contributed by atoms with Crippen LogP contribution < -0.4 is 11.1 Å². The fourth-order valence-corrected chi connectivity index (χ4v) is 2.77. The molecule has 2 fully saturated rings. The van der Waals surface area contributed by atoms with Gasteiger partial charge < -0.3 is 16.0 Å². The molecular formula is C13H24N4O. The maximum atomic E-state index is 11.9. The molecule has 0 unspecified atom stereocenters. The molecule has 0 radical (unpaired) electrons. The predicted octanol–water partition coefficient (Wildman–Crippen LogP) is 0.844. The first-order valence-electron chi connectivity index (χ1n) is 6.91. The number of nitrogens with one attached hydrogen (secondary N) is 1. The first-order valence-corrected chi connectivity index (χ1v) is 6.91. The van der Waals surface area contributed by atoms with Crippen LogP contribution in [0.25, 0.3) is 0 Å². The number of hydrogen-bond donors (Lipinski definition) is 2. The van der Waals surface area contributed by atoms with Crippen LogP contribution in [0.3, 0.4) is 0 Å². The average molecular weight is 252 g/mol. The second kappa shape index (κ2) is 5.16. The molecule has 1 saturated carbocycles. The smallest absolute Gasteiger partial charge is 0.245 e. The second-order valence-electron chi connectivity index (χ2n) is 5.75. The molecule has 0 aromatic heterocycles. The summed E-state index contributed by atoms with van der Waals surface area (Å²) in [6.45, 7) is 5.17. The quantitative estimate of drug-likeness (QED) is 0.537. The van der Waals surface area contributed by atoms with Crippen molar-refractivity contribution in [3.8, 4) is 0 Å². The highest BCUT2D eigenvalue weighted by Crippen LogP contribution is 2.22. The maximum Gasteiger partial charge on any atom is 0.245 e. The standard InChI is InChI=1S/C13H24N4O/c1-13(2)11(18)15-8-9-17(13)12(14)16-10-6-4-3-5-7-10/h10H,3-9H2,1-2H3,(H2,14,16)(H,15,18). The minimum Gasteiger partial charge on any atom is -0.370 e. The molecule has 102 valence electrons. The summed E-state index contributed by atoms with van der Waals surface area (Å²) >= 11 is 0. The highest BCUT2D eigenvalue weighted by Gasteiger charge is 2.38. The van der Waals surface area contributed by atoms with Crippen LogP contribution in [0, 0.1) is 0 Å². The summed E-state index contributed by atoms with van der Waals surface area (Å²) in [6.07, 6.45) is 6.04. The van der Waals surface area contributed by atoms with E-state index in [1.165, 1.54) is 19.3 Å². The van der Waals surface area contributed by atoms with Crippen LogP contribution >= 0.6 is 0 Å². The van der Waals surface area contributed by atoms with E-state index in [9.17, 15) is 4.79 Å². The molecule has 18 heavy (non-hydrogen) atoms. The Hall–Kier alpha value is -1.26. The van der Waals surface area contributed by atoms with Gasteiger partial charge in [0, 0.05) is 13.1 Å². The fourth-order valence-electron chi connectivity index (χ4n) is 2.77. The number of nitrogens with zero attached hydrogens (tertiary/aromatic N) is 2. The molecule has 0 atom stereocenters. The topological polar surface area (TPSA) is 70.7 Å². The number of carbonyl (C=O) groups excluding carboxylic acids is 1. The number of nitrogens with two attached hydrogens (primary N) is 1. The van der Waals surface area contributed by atoms with Gasteiger partial charge >= 0.3 is 0 Å². The van der Waals surface area contributed by atoms with Gasteiger partial charge in [-0.15, -0.1) is 0 Å². The van der Waals surface area contributed by atoms with E-state index >= 15 is 0 Å². The lowest BCUT2D eigenvalue weighted by atomic mass is 9.96. The zero-order chi connectivity index (χ0) is 13.2. The van der Waals surface area contributed by atoms with Crippen LogP contribution in [0.1, 0.15) is 46.0 Å². The summed E-state index contributed by atoms with van der Waals surface area (Å²) < 4.78 is 0. The van der Waals surface area contributed by atoms with Gasteiger partial charge in [-0.1, -0.05) is 19.3 Å². The number of piperazine rings is 1. The minimum absolute atomic E-state index is 0.0237. The molecule has 1 amide bonds. The molecule has 2 rings (SSSR count). The molecule has 1 aliphatic carbocycles. The summed E-state index contributed by atoms with van der Waals surface area (Å²) in [5, 5.41) is 2.87. The first kappa shape index (κ1) is 13.2. The highest BCUT2D eigenvalue weighted by molar-refractivity contribution is 5.92. The van der Waals surface area contributed by atoms with Crippen molar-refractivity contribution in [1.82, 2.24) is 10.2 Å². The number of aliphatic imine (C=N–C) groups is 1. The van der Waals surface area contributed by atoms with Crippen molar-refractivity contribution in [2.45, 2.75) is 57.5 Å². The van der Waals surface area contributed by atoms with Crippen molar-refractivity contribution in [1.29, 1.82) is 0 Å². The van der Waals surface area contributed by atoms with Crippen molar-refractivity contribution >= 4 is 11.9 Å². The van der Waals surface area contributed by atoms with E-state index in [-0.39, 0.29) is 5.91 Å². The molecule has 1 aliphatic heterocycles. The van der Waals surface area contributed by atoms with E-state index in [0.717, 1.165) is 19.4 Å². The van der Waals surface area contributed by atoms with Gasteiger partial charge in [0.05, 0.1) is 6.04 Å². The average Bonchev–Trinajstić information content (AvgIpc) is 2.33. The normalized spacial score (nSPS) is 26.0. The van der Waals surface area contributed by atoms with Crippen molar-refractivity contribution < 1.29 is 4.79 Å². The van der Waals surface area contributed by atoms with E-state index in [1.54, 1.807) is 0 Å². The summed E-state index contributed by atoms with van der Waals surface area (Å²) in [6, 6.07) is 0.347. The largest absolute Gasteiger partial charge is 0.370 e. The lowest BCUT2D eigenvalue weighted by Crippen LogP contribution is -2.65. The summed E-state index contributed by atoms with van der Waals surface area (Å²) in [7, 11) is 0. The molecule has 2 aliphatic rings.